The minimum absolute atomic E-state index is 0.276. The van der Waals surface area contributed by atoms with E-state index in [0.717, 1.165) is 6.42 Å². The Morgan fingerprint density at radius 2 is 1.25 bits per heavy atom. The van der Waals surface area contributed by atoms with E-state index < -0.39 is 0 Å². The molecule has 0 aromatic heterocycles. The van der Waals surface area contributed by atoms with Crippen molar-refractivity contribution in [1.29, 1.82) is 0 Å². The summed E-state index contributed by atoms with van der Waals surface area (Å²) in [5.74, 6) is 0.992. The van der Waals surface area contributed by atoms with Crippen molar-refractivity contribution in [3.8, 4) is 5.75 Å². The van der Waals surface area contributed by atoms with Crippen LogP contribution in [-0.2, 0) is 0 Å². The summed E-state index contributed by atoms with van der Waals surface area (Å²) in [5, 5.41) is 9.66. The minimum Gasteiger partial charge on any atom is -0.508 e. The Labute approximate surface area is 144 Å². The molecule has 1 nitrogen and oxygen atoms in total. The molecule has 0 fully saturated rings. The van der Waals surface area contributed by atoms with Gasteiger partial charge in [-0.15, -0.1) is 0 Å². The van der Waals surface area contributed by atoms with Gasteiger partial charge in [-0.05, 0) is 48.1 Å². The van der Waals surface area contributed by atoms with Crippen LogP contribution < -0.4 is 0 Å². The molecule has 3 aromatic rings. The highest BCUT2D eigenvalue weighted by Crippen LogP contribution is 2.40. The summed E-state index contributed by atoms with van der Waals surface area (Å²) in [7, 11) is 0. The number of benzene rings is 3. The van der Waals surface area contributed by atoms with Crippen LogP contribution in [0.3, 0.4) is 0 Å². The van der Waals surface area contributed by atoms with Gasteiger partial charge in [-0.2, -0.15) is 0 Å². The van der Waals surface area contributed by atoms with E-state index in [4.69, 9.17) is 0 Å². The molecular formula is C23H24O. The fraction of sp³-hybridized carbons (Fsp3) is 0.217. The van der Waals surface area contributed by atoms with E-state index in [9.17, 15) is 5.11 Å². The van der Waals surface area contributed by atoms with Gasteiger partial charge in [-0.25, -0.2) is 0 Å². The average molecular weight is 316 g/mol. The van der Waals surface area contributed by atoms with Gasteiger partial charge in [-0.3, -0.25) is 0 Å². The molecule has 122 valence electrons. The van der Waals surface area contributed by atoms with E-state index in [0.29, 0.717) is 11.7 Å². The Balaban J connectivity index is 2.10. The van der Waals surface area contributed by atoms with Crippen LogP contribution in [0.5, 0.6) is 5.75 Å². The number of hydrogen-bond donors (Lipinski definition) is 1. The second-order valence-electron chi connectivity index (χ2n) is 6.41. The van der Waals surface area contributed by atoms with Crippen molar-refractivity contribution in [3.05, 3.63) is 101 Å². The fourth-order valence-electron chi connectivity index (χ4n) is 3.48. The molecule has 1 heteroatoms. The molecule has 0 aliphatic rings. The van der Waals surface area contributed by atoms with Gasteiger partial charge >= 0.3 is 0 Å². The van der Waals surface area contributed by atoms with Crippen LogP contribution in [0, 0.1) is 6.92 Å². The van der Waals surface area contributed by atoms with Gasteiger partial charge in [0.25, 0.3) is 0 Å². The number of rotatable bonds is 5. The van der Waals surface area contributed by atoms with Crippen LogP contribution >= 0.6 is 0 Å². The zero-order chi connectivity index (χ0) is 16.9. The SMILES string of the molecule is CCC(c1ccccc1)C(c1ccc(C)cc1)c1ccc(O)cc1. The van der Waals surface area contributed by atoms with Gasteiger partial charge < -0.3 is 5.11 Å². The molecule has 0 saturated heterocycles. The fourth-order valence-corrected chi connectivity index (χ4v) is 3.48. The van der Waals surface area contributed by atoms with Crippen LogP contribution in [0.15, 0.2) is 78.9 Å². The second kappa shape index (κ2) is 7.35. The maximum absolute atomic E-state index is 9.66. The number of aryl methyl sites for hydroxylation is 1. The molecular weight excluding hydrogens is 292 g/mol. The largest absolute Gasteiger partial charge is 0.508 e. The molecule has 0 aliphatic heterocycles. The summed E-state index contributed by atoms with van der Waals surface area (Å²) in [4.78, 5) is 0. The predicted octanol–water partition coefficient (Wildman–Crippen LogP) is 6.03. The summed E-state index contributed by atoms with van der Waals surface area (Å²) in [6.45, 7) is 4.37. The third-order valence-electron chi connectivity index (χ3n) is 4.76. The minimum atomic E-state index is 0.276. The highest BCUT2D eigenvalue weighted by molar-refractivity contribution is 5.40. The molecule has 1 N–H and O–H groups in total. The van der Waals surface area contributed by atoms with Crippen molar-refractivity contribution in [1.82, 2.24) is 0 Å². The van der Waals surface area contributed by atoms with Crippen LogP contribution in [0.1, 0.15) is 47.4 Å². The highest BCUT2D eigenvalue weighted by atomic mass is 16.3. The van der Waals surface area contributed by atoms with Crippen molar-refractivity contribution in [2.75, 3.05) is 0 Å². The monoisotopic (exact) mass is 316 g/mol. The Morgan fingerprint density at radius 3 is 1.79 bits per heavy atom. The van der Waals surface area contributed by atoms with E-state index in [2.05, 4.69) is 68.4 Å². The highest BCUT2D eigenvalue weighted by Gasteiger charge is 2.25. The molecule has 0 spiro atoms. The van der Waals surface area contributed by atoms with Crippen LogP contribution in [0.25, 0.3) is 0 Å². The van der Waals surface area contributed by atoms with Gasteiger partial charge in [0, 0.05) is 5.92 Å². The normalized spacial score (nSPS) is 13.4. The smallest absolute Gasteiger partial charge is 0.115 e. The van der Waals surface area contributed by atoms with Gasteiger partial charge in [0.1, 0.15) is 5.75 Å². The van der Waals surface area contributed by atoms with E-state index >= 15 is 0 Å². The van der Waals surface area contributed by atoms with Crippen molar-refractivity contribution in [2.24, 2.45) is 0 Å². The number of aromatic hydroxyl groups is 1. The lowest BCUT2D eigenvalue weighted by Gasteiger charge is -2.28. The van der Waals surface area contributed by atoms with E-state index in [1.807, 2.05) is 12.1 Å². The first-order valence-corrected chi connectivity index (χ1v) is 8.59. The van der Waals surface area contributed by atoms with E-state index in [1.165, 1.54) is 22.3 Å². The summed E-state index contributed by atoms with van der Waals surface area (Å²) in [6, 6.07) is 27.2. The number of phenols is 1. The molecule has 2 unspecified atom stereocenters. The zero-order valence-electron chi connectivity index (χ0n) is 14.3. The maximum Gasteiger partial charge on any atom is 0.115 e. The van der Waals surface area contributed by atoms with Crippen molar-refractivity contribution in [2.45, 2.75) is 32.1 Å². The number of hydrogen-bond acceptors (Lipinski definition) is 1. The summed E-state index contributed by atoms with van der Waals surface area (Å²) >= 11 is 0. The van der Waals surface area contributed by atoms with Gasteiger partial charge in [-0.1, -0.05) is 79.2 Å². The zero-order valence-corrected chi connectivity index (χ0v) is 14.3. The van der Waals surface area contributed by atoms with Crippen molar-refractivity contribution in [3.63, 3.8) is 0 Å². The standard InChI is InChI=1S/C23H24O/c1-3-22(18-7-5-4-6-8-18)23(19-11-9-17(2)10-12-19)20-13-15-21(24)16-14-20/h4-16,22-24H,3H2,1-2H3. The average Bonchev–Trinajstić information content (AvgIpc) is 2.62. The van der Waals surface area contributed by atoms with Crippen LogP contribution in [-0.4, -0.2) is 5.11 Å². The molecule has 0 heterocycles. The maximum atomic E-state index is 9.66. The Morgan fingerprint density at radius 1 is 0.708 bits per heavy atom. The molecule has 0 radical (unpaired) electrons. The first-order valence-electron chi connectivity index (χ1n) is 8.59. The molecule has 0 saturated carbocycles. The lowest BCUT2D eigenvalue weighted by Crippen LogP contribution is -2.12. The first-order chi connectivity index (χ1) is 11.7. The summed E-state index contributed by atoms with van der Waals surface area (Å²) < 4.78 is 0. The van der Waals surface area contributed by atoms with Gasteiger partial charge in [0.05, 0.1) is 0 Å². The van der Waals surface area contributed by atoms with E-state index in [-0.39, 0.29) is 5.92 Å². The molecule has 3 rings (SSSR count). The molecule has 2 atom stereocenters. The second-order valence-corrected chi connectivity index (χ2v) is 6.41. The van der Waals surface area contributed by atoms with Crippen LogP contribution in [0.4, 0.5) is 0 Å². The van der Waals surface area contributed by atoms with Gasteiger partial charge in [0.2, 0.25) is 0 Å². The molecule has 3 aromatic carbocycles. The predicted molar refractivity (Wildman–Crippen MR) is 101 cm³/mol. The molecule has 24 heavy (non-hydrogen) atoms. The Hall–Kier alpha value is -2.54. The first kappa shape index (κ1) is 16.3. The summed E-state index contributed by atoms with van der Waals surface area (Å²) in [6.07, 6.45) is 1.06. The van der Waals surface area contributed by atoms with Crippen molar-refractivity contribution < 1.29 is 5.11 Å². The Bertz CT molecular complexity index is 712. The van der Waals surface area contributed by atoms with Crippen molar-refractivity contribution >= 4 is 0 Å². The van der Waals surface area contributed by atoms with Gasteiger partial charge in [0.15, 0.2) is 0 Å². The lowest BCUT2D eigenvalue weighted by molar-refractivity contribution is 0.474. The molecule has 0 bridgehead atoms. The number of phenolic OH excluding ortho intramolecular Hbond substituents is 1. The topological polar surface area (TPSA) is 20.2 Å². The summed E-state index contributed by atoms with van der Waals surface area (Å²) in [5.41, 5.74) is 5.20. The third kappa shape index (κ3) is 3.51. The van der Waals surface area contributed by atoms with Crippen LogP contribution in [0.2, 0.25) is 0 Å². The Kier molecular flexibility index (Phi) is 5.00. The lowest BCUT2D eigenvalue weighted by atomic mass is 9.76. The van der Waals surface area contributed by atoms with E-state index in [1.54, 1.807) is 12.1 Å². The molecule has 0 amide bonds. The quantitative estimate of drug-likeness (QED) is 0.609. The third-order valence-corrected chi connectivity index (χ3v) is 4.76. The molecule has 0 aliphatic carbocycles.